The number of hydrogen-bond acceptors (Lipinski definition) is 0. The topological polar surface area (TPSA) is 14.8 Å². The van der Waals surface area contributed by atoms with E-state index in [1.165, 1.54) is 0 Å². The van der Waals surface area contributed by atoms with Crippen LogP contribution in [0.1, 0.15) is 41.1 Å². The number of rotatable bonds is 4. The molecule has 0 unspecified atom stereocenters. The average molecular weight is 680 g/mol. The molecule has 8 aromatic carbocycles. The molecule has 3 heterocycles. The summed E-state index contributed by atoms with van der Waals surface area (Å²) in [5.74, 6) is 0. The van der Waals surface area contributed by atoms with E-state index in [2.05, 4.69) is 0 Å². The van der Waals surface area contributed by atoms with Crippen molar-refractivity contribution in [3.63, 3.8) is 0 Å². The van der Waals surface area contributed by atoms with Crippen LogP contribution in [-0.4, -0.2) is 13.7 Å². The molecule has 0 aliphatic heterocycles. The summed E-state index contributed by atoms with van der Waals surface area (Å²) in [5.41, 5.74) is -8.01. The minimum Gasteiger partial charge on any atom is -0.309 e. The zero-order chi connectivity index (χ0) is 59.6. The third kappa shape index (κ3) is 4.00. The maximum Gasteiger partial charge on any atom is 0.0652 e. The average Bonchev–Trinajstić information content (AvgIpc) is 2.89. The van der Waals surface area contributed by atoms with Crippen molar-refractivity contribution in [2.45, 2.75) is 0 Å². The number of nitrogens with zero attached hydrogens (tertiary/aromatic N) is 3. The Morgan fingerprint density at radius 1 is 0.294 bits per heavy atom. The van der Waals surface area contributed by atoms with Crippen molar-refractivity contribution in [2.24, 2.45) is 0 Å². The molecule has 0 N–H and O–H groups in total. The maximum absolute atomic E-state index is 10.1. The van der Waals surface area contributed by atoms with Gasteiger partial charge in [-0.25, -0.2) is 0 Å². The van der Waals surface area contributed by atoms with Crippen LogP contribution in [0.4, 0.5) is 0 Å². The predicted molar refractivity (Wildman–Crippen MR) is 215 cm³/mol. The quantitative estimate of drug-likeness (QED) is 0.176. The maximum atomic E-state index is 10.1. The molecule has 3 aromatic heterocycles. The molecule has 0 saturated heterocycles. The highest BCUT2D eigenvalue weighted by molar-refractivity contribution is 6.13. The van der Waals surface area contributed by atoms with Gasteiger partial charge in [0.25, 0.3) is 0 Å². The van der Waals surface area contributed by atoms with Crippen LogP contribution in [0.25, 0.3) is 93.6 Å². The fraction of sp³-hybridized carbons (Fsp3) is 0. The van der Waals surface area contributed by atoms with Gasteiger partial charge in [0.2, 0.25) is 0 Å². The summed E-state index contributed by atoms with van der Waals surface area (Å²) in [6.45, 7) is 0. The highest BCUT2D eigenvalue weighted by atomic mass is 15.0. The van der Waals surface area contributed by atoms with E-state index < -0.39 is 275 Å². The van der Waals surface area contributed by atoms with Gasteiger partial charge in [-0.1, -0.05) is 127 Å². The summed E-state index contributed by atoms with van der Waals surface area (Å²) in [7, 11) is 0. The van der Waals surface area contributed by atoms with Gasteiger partial charge in [0.15, 0.2) is 0 Å². The summed E-state index contributed by atoms with van der Waals surface area (Å²) in [6.07, 6.45) is 0. The van der Waals surface area contributed by atoms with Crippen molar-refractivity contribution in [1.29, 1.82) is 0 Å². The van der Waals surface area contributed by atoms with Gasteiger partial charge in [-0.2, -0.15) is 0 Å². The monoisotopic (exact) mass is 679 g/mol. The molecule has 0 atom stereocenters. The third-order valence-electron chi connectivity index (χ3n) is 8.54. The van der Waals surface area contributed by atoms with Crippen LogP contribution in [0.15, 0.2) is 187 Å². The number of para-hydroxylation sites is 7. The van der Waals surface area contributed by atoms with Crippen LogP contribution in [0.2, 0.25) is 0 Å². The van der Waals surface area contributed by atoms with E-state index in [9.17, 15) is 13.7 Å². The van der Waals surface area contributed by atoms with Crippen molar-refractivity contribution in [3.05, 3.63) is 187 Å². The SMILES string of the molecule is [2H]c1cc(-c2c([2H])c([2H])c([2H])c([2H])c2-n2c3c([2H])c([2H])c([2H])c([2H])c3c3c([2H])c(-n4c5c([2H])c([2H])c([2H])c([2H])c5c5c([2H])c([2H])c([2H])c([2H])c54)c([2H])c([2H])c32)c(-n2c3c([2H])c([2H])c([2H])c([2H])c3c3c([2H])c([2H])c([2H])c([2H])c32)c([2H])c1[2H]. The molecule has 0 aliphatic rings. The molecule has 51 heavy (non-hydrogen) atoms. The second kappa shape index (κ2) is 10.8. The minimum atomic E-state index is -1.10. The molecule has 3 heteroatoms. The molecule has 0 amide bonds. The first-order valence-electron chi connectivity index (χ1n) is 30.1. The third-order valence-corrected chi connectivity index (χ3v) is 8.54. The smallest absolute Gasteiger partial charge is 0.0652 e. The molecule has 238 valence electrons. The molecular formula is C48H31N3. The van der Waals surface area contributed by atoms with Gasteiger partial charge in [-0.3, -0.25) is 0 Å². The zero-order valence-corrected chi connectivity index (χ0v) is 25.4. The van der Waals surface area contributed by atoms with Crippen LogP contribution < -0.4 is 0 Å². The molecule has 0 aliphatic carbocycles. The van der Waals surface area contributed by atoms with Crippen LogP contribution in [-0.2, 0) is 0 Å². The summed E-state index contributed by atoms with van der Waals surface area (Å²) in [5, 5.41) is -3.38. The van der Waals surface area contributed by atoms with Crippen molar-refractivity contribution in [3.8, 4) is 28.2 Å². The molecule has 0 bridgehead atoms. The Morgan fingerprint density at radius 3 is 1.20 bits per heavy atom. The lowest BCUT2D eigenvalue weighted by molar-refractivity contribution is 1.15. The lowest BCUT2D eigenvalue weighted by Gasteiger charge is -2.18. The summed E-state index contributed by atoms with van der Waals surface area (Å²) < 4.78 is 275. The number of hydrogen-bond donors (Lipinski definition) is 0. The fourth-order valence-corrected chi connectivity index (χ4v) is 6.50. The van der Waals surface area contributed by atoms with Crippen molar-refractivity contribution in [2.75, 3.05) is 0 Å². The van der Waals surface area contributed by atoms with Crippen molar-refractivity contribution >= 4 is 65.4 Å². The van der Waals surface area contributed by atoms with Gasteiger partial charge in [0, 0.05) is 49.1 Å². The van der Waals surface area contributed by atoms with Gasteiger partial charge in [0.05, 0.1) is 85.6 Å². The zero-order valence-electron chi connectivity index (χ0n) is 55.4. The molecule has 0 radical (unpaired) electrons. The highest BCUT2D eigenvalue weighted by Gasteiger charge is 2.20. The number of benzene rings is 8. The summed E-state index contributed by atoms with van der Waals surface area (Å²) >= 11 is 0. The molecule has 0 spiro atoms. The Hall–Kier alpha value is -6.84. The second-order valence-corrected chi connectivity index (χ2v) is 11.1. The van der Waals surface area contributed by atoms with E-state index in [1.807, 2.05) is 0 Å². The summed E-state index contributed by atoms with van der Waals surface area (Å²) in [6, 6.07) is -27.0. The molecule has 11 aromatic rings. The van der Waals surface area contributed by atoms with Crippen molar-refractivity contribution < 1.29 is 41.1 Å². The Labute approximate surface area is 336 Å². The van der Waals surface area contributed by atoms with Crippen LogP contribution in [0.5, 0.6) is 0 Å². The van der Waals surface area contributed by atoms with Crippen LogP contribution in [0, 0.1) is 0 Å². The largest absolute Gasteiger partial charge is 0.309 e. The fourth-order valence-electron chi connectivity index (χ4n) is 6.50. The Kier molecular flexibility index (Phi) is 2.47. The van der Waals surface area contributed by atoms with Crippen LogP contribution in [0.3, 0.4) is 0 Å². The predicted octanol–water partition coefficient (Wildman–Crippen LogP) is 12.6. The first-order valence-corrected chi connectivity index (χ1v) is 15.1. The Balaban J connectivity index is 1.42. The molecule has 3 nitrogen and oxygen atoms in total. The van der Waals surface area contributed by atoms with Gasteiger partial charge >= 0.3 is 0 Å². The lowest BCUT2D eigenvalue weighted by atomic mass is 10.0. The van der Waals surface area contributed by atoms with Crippen LogP contribution >= 0.6 is 0 Å². The lowest BCUT2D eigenvalue weighted by Crippen LogP contribution is -2.01. The van der Waals surface area contributed by atoms with Gasteiger partial charge in [0.1, 0.15) is 0 Å². The molecular weight excluding hydrogens is 619 g/mol. The number of fused-ring (bicyclic) bond motifs is 9. The van der Waals surface area contributed by atoms with Gasteiger partial charge in [-0.15, -0.1) is 0 Å². The first kappa shape index (κ1) is 11.6. The Morgan fingerprint density at radius 2 is 0.667 bits per heavy atom. The van der Waals surface area contributed by atoms with Gasteiger partial charge in [-0.05, 0) is 60.4 Å². The van der Waals surface area contributed by atoms with E-state index in [4.69, 9.17) is 27.4 Å². The second-order valence-electron chi connectivity index (χ2n) is 11.1. The van der Waals surface area contributed by atoms with E-state index in [-0.39, 0.29) is 0 Å². The molecule has 0 fully saturated rings. The Bertz CT molecular complexity index is 4720. The standard InChI is InChI=1S/C48H31N3/c1-8-22-41-33(15-1)34-16-2-9-23-42(34)49(41)32-29-30-48-40(31-32)39-21-7-14-28-47(39)51(48)46-27-13-6-20-38(46)37-19-5-12-26-45(37)50-43-24-10-3-17-35(43)36-18-4-11-25-44(36)50/h1-31H/i1D,2D,3D,4D,5D,6D,7D,8D,9D,10D,11D,12D,13D,14D,15D,16D,17D,18D,20D,21D,22D,23D,24D,25D,26D,27D,28D,29D,30D,31D. The van der Waals surface area contributed by atoms with E-state index in [0.717, 1.165) is 15.2 Å². The van der Waals surface area contributed by atoms with Gasteiger partial charge < -0.3 is 13.7 Å². The minimum absolute atomic E-state index is 0.492. The van der Waals surface area contributed by atoms with Crippen molar-refractivity contribution in [1.82, 2.24) is 13.7 Å². The molecule has 0 saturated carbocycles. The van der Waals surface area contributed by atoms with E-state index >= 15 is 0 Å². The first-order chi connectivity index (χ1) is 37.8. The normalized spacial score (nSPS) is 20.2. The summed E-state index contributed by atoms with van der Waals surface area (Å²) in [4.78, 5) is 0. The number of aromatic nitrogens is 3. The van der Waals surface area contributed by atoms with E-state index in [0.29, 0.717) is 4.57 Å². The van der Waals surface area contributed by atoms with E-state index in [1.54, 1.807) is 0 Å². The highest BCUT2D eigenvalue weighted by Crippen LogP contribution is 2.41. The molecule has 11 rings (SSSR count).